The lowest BCUT2D eigenvalue weighted by molar-refractivity contribution is -0.138. The number of fused-ring (bicyclic) bond motifs is 5. The van der Waals surface area contributed by atoms with E-state index in [4.69, 9.17) is 23.2 Å². The van der Waals surface area contributed by atoms with Crippen molar-refractivity contribution in [3.63, 3.8) is 0 Å². The largest absolute Gasteiger partial charge is 0.507 e. The van der Waals surface area contributed by atoms with Crippen LogP contribution in [0.5, 0.6) is 5.75 Å². The molecule has 0 spiro atoms. The summed E-state index contributed by atoms with van der Waals surface area (Å²) >= 11 is 17.8. The number of anilines is 1. The second-order valence-corrected chi connectivity index (χ2v) is 12.8. The second-order valence-electron chi connectivity index (χ2n) is 11.1. The first kappa shape index (κ1) is 26.7. The lowest BCUT2D eigenvalue weighted by Crippen LogP contribution is -2.60. The van der Waals surface area contributed by atoms with Crippen LogP contribution in [-0.2, 0) is 19.2 Å². The van der Waals surface area contributed by atoms with Crippen molar-refractivity contribution in [1.82, 2.24) is 4.90 Å². The highest BCUT2D eigenvalue weighted by Crippen LogP contribution is 2.66. The maximum absolute atomic E-state index is 14.0. The fourth-order valence-electron chi connectivity index (χ4n) is 7.44. The molecule has 2 saturated heterocycles. The molecule has 0 unspecified atom stereocenters. The van der Waals surface area contributed by atoms with Crippen molar-refractivity contribution >= 4 is 79.2 Å². The van der Waals surface area contributed by atoms with E-state index in [2.05, 4.69) is 15.9 Å². The number of nitrogens with zero attached hydrogens (tertiary/aromatic N) is 2. The zero-order valence-corrected chi connectivity index (χ0v) is 24.6. The molecule has 10 heteroatoms. The molecule has 3 aromatic rings. The molecule has 0 aromatic heterocycles. The van der Waals surface area contributed by atoms with E-state index in [1.807, 2.05) is 24.3 Å². The minimum atomic E-state index is -1.97. The third-order valence-electron chi connectivity index (χ3n) is 9.27. The molecule has 1 saturated carbocycles. The highest BCUT2D eigenvalue weighted by Gasteiger charge is 2.76. The summed E-state index contributed by atoms with van der Waals surface area (Å²) in [6, 6.07) is 19.5. The Labute approximate surface area is 253 Å². The first-order chi connectivity index (χ1) is 19.6. The van der Waals surface area contributed by atoms with Crippen molar-refractivity contribution in [1.29, 1.82) is 0 Å². The number of phenolic OH excluding ortho intramolecular Hbond substituents is 1. The number of rotatable bonds is 3. The third kappa shape index (κ3) is 3.32. The minimum absolute atomic E-state index is 0.0758. The van der Waals surface area contributed by atoms with Crippen LogP contribution < -0.4 is 4.90 Å². The molecule has 4 amide bonds. The Bertz CT molecular complexity index is 1710. The maximum atomic E-state index is 14.0. The van der Waals surface area contributed by atoms with Gasteiger partial charge in [0.05, 0.1) is 23.0 Å². The van der Waals surface area contributed by atoms with Crippen LogP contribution in [0, 0.1) is 17.8 Å². The molecule has 3 fully saturated rings. The van der Waals surface area contributed by atoms with Crippen LogP contribution in [0.2, 0.25) is 0 Å². The van der Waals surface area contributed by atoms with Gasteiger partial charge in [-0.2, -0.15) is 0 Å². The Morgan fingerprint density at radius 3 is 2.32 bits per heavy atom. The molecule has 7 rings (SSSR count). The van der Waals surface area contributed by atoms with Crippen molar-refractivity contribution in [3.8, 4) is 5.75 Å². The molecule has 6 atom stereocenters. The van der Waals surface area contributed by atoms with E-state index in [0.29, 0.717) is 22.2 Å². The van der Waals surface area contributed by atoms with Gasteiger partial charge in [-0.05, 0) is 36.3 Å². The molecule has 0 bridgehead atoms. The van der Waals surface area contributed by atoms with Gasteiger partial charge in [-0.15, -0.1) is 23.2 Å². The number of benzene rings is 3. The van der Waals surface area contributed by atoms with Crippen LogP contribution in [0.1, 0.15) is 24.3 Å². The van der Waals surface area contributed by atoms with E-state index in [0.717, 1.165) is 10.3 Å². The number of phenols is 1. The van der Waals surface area contributed by atoms with Gasteiger partial charge in [0.25, 0.3) is 11.8 Å². The normalized spacial score (nSPS) is 32.7. The molecular formula is C31H23BrCl2N2O5. The second kappa shape index (κ2) is 9.15. The number of alkyl halides is 3. The number of likely N-dealkylation sites (tertiary alicyclic amines) is 1. The fraction of sp³-hybridized carbons (Fsp3) is 0.290. The van der Waals surface area contributed by atoms with Crippen LogP contribution in [0.3, 0.4) is 0 Å². The van der Waals surface area contributed by atoms with E-state index in [9.17, 15) is 24.3 Å². The van der Waals surface area contributed by atoms with E-state index in [-0.39, 0.29) is 35.9 Å². The summed E-state index contributed by atoms with van der Waals surface area (Å²) in [5.41, 5.74) is 1.34. The molecule has 2 aliphatic heterocycles. The van der Waals surface area contributed by atoms with E-state index in [1.54, 1.807) is 48.5 Å². The summed E-state index contributed by atoms with van der Waals surface area (Å²) in [7, 11) is 0. The summed E-state index contributed by atoms with van der Waals surface area (Å²) < 4.78 is 0. The smallest absolute Gasteiger partial charge is 0.254 e. The lowest BCUT2D eigenvalue weighted by atomic mass is 9.56. The molecule has 1 N–H and O–H groups in total. The minimum Gasteiger partial charge on any atom is -0.507 e. The summed E-state index contributed by atoms with van der Waals surface area (Å²) in [5.74, 6) is -5.24. The zero-order chi connectivity index (χ0) is 28.8. The van der Waals surface area contributed by atoms with Gasteiger partial charge in [-0.1, -0.05) is 82.2 Å². The average molecular weight is 654 g/mol. The number of amides is 4. The number of hydrogen-bond donors (Lipinski definition) is 1. The predicted molar refractivity (Wildman–Crippen MR) is 158 cm³/mol. The van der Waals surface area contributed by atoms with Gasteiger partial charge < -0.3 is 5.11 Å². The molecule has 7 nitrogen and oxygen atoms in total. The first-order valence-corrected chi connectivity index (χ1v) is 15.2. The Balaban J connectivity index is 1.44. The van der Waals surface area contributed by atoms with Crippen LogP contribution >= 0.6 is 39.1 Å². The summed E-state index contributed by atoms with van der Waals surface area (Å²) in [6.07, 6.45) is 2.01. The number of imide groups is 2. The summed E-state index contributed by atoms with van der Waals surface area (Å²) in [6.45, 7) is 0. The number of carbonyl (C=O) groups is 4. The van der Waals surface area contributed by atoms with Gasteiger partial charge >= 0.3 is 0 Å². The molecular weight excluding hydrogens is 631 g/mol. The summed E-state index contributed by atoms with van der Waals surface area (Å²) in [4.78, 5) is 53.7. The number of carbonyl (C=O) groups excluding carboxylic acids is 4. The topological polar surface area (TPSA) is 95.0 Å². The Morgan fingerprint density at radius 2 is 1.59 bits per heavy atom. The first-order valence-electron chi connectivity index (χ1n) is 13.3. The van der Waals surface area contributed by atoms with Crippen molar-refractivity contribution in [2.45, 2.75) is 28.5 Å². The number of para-hydroxylation sites is 1. The molecule has 2 aliphatic carbocycles. The van der Waals surface area contributed by atoms with Gasteiger partial charge in [0.1, 0.15) is 5.75 Å². The SMILES string of the molecule is O=C1[C@H]2[C@H](CC=C3[C@H]2C[C@@]2(Cl)C(=O)N(CBr)C(=O)[C@@]2(Cl)[C@H]3c2ccc3ccccc3c2O)C(=O)N1c1ccccc1. The standard InChI is InChI=1S/C31H23BrCl2N2O5/c32-15-35-28(40)30(33)14-22-19(12-13-20-23(22)27(39)36(26(20)38)17-7-2-1-3-8-17)24(31(30,34)29(35)41)21-11-10-16-6-4-5-9-18(16)25(21)37/h1-12,20,22-24,37H,13-15H2/t20-,22+,23-,24+,30+,31-/m0/s1. The predicted octanol–water partition coefficient (Wildman–Crippen LogP) is 5.46. The zero-order valence-electron chi connectivity index (χ0n) is 21.5. The molecule has 0 radical (unpaired) electrons. The summed E-state index contributed by atoms with van der Waals surface area (Å²) in [5, 5.41) is 12.9. The van der Waals surface area contributed by atoms with Crippen LogP contribution in [-0.4, -0.2) is 48.8 Å². The third-order valence-corrected chi connectivity index (χ3v) is 11.2. The highest BCUT2D eigenvalue weighted by atomic mass is 79.9. The molecule has 4 aliphatic rings. The van der Waals surface area contributed by atoms with Crippen molar-refractivity contribution in [2.75, 3.05) is 10.4 Å². The van der Waals surface area contributed by atoms with E-state index in [1.165, 1.54) is 4.90 Å². The molecule has 2 heterocycles. The maximum Gasteiger partial charge on any atom is 0.254 e. The van der Waals surface area contributed by atoms with Crippen molar-refractivity contribution < 1.29 is 24.3 Å². The Kier molecular flexibility index (Phi) is 5.95. The number of halogens is 3. The van der Waals surface area contributed by atoms with E-state index < -0.39 is 45.2 Å². The highest BCUT2D eigenvalue weighted by molar-refractivity contribution is 9.09. The quantitative estimate of drug-likeness (QED) is 0.175. The van der Waals surface area contributed by atoms with E-state index >= 15 is 0 Å². The Hall–Kier alpha value is -3.20. The van der Waals surface area contributed by atoms with Crippen LogP contribution in [0.4, 0.5) is 5.69 Å². The van der Waals surface area contributed by atoms with Gasteiger partial charge in [0.2, 0.25) is 11.8 Å². The van der Waals surface area contributed by atoms with Gasteiger partial charge in [0, 0.05) is 16.9 Å². The average Bonchev–Trinajstić information content (AvgIpc) is 3.32. The Morgan fingerprint density at radius 1 is 0.878 bits per heavy atom. The van der Waals surface area contributed by atoms with Gasteiger partial charge in [-0.25, -0.2) is 0 Å². The number of hydrogen-bond acceptors (Lipinski definition) is 5. The molecule has 208 valence electrons. The van der Waals surface area contributed by atoms with Crippen molar-refractivity contribution in [2.24, 2.45) is 17.8 Å². The fourth-order valence-corrected chi connectivity index (χ4v) is 8.85. The monoisotopic (exact) mass is 652 g/mol. The van der Waals surface area contributed by atoms with Crippen LogP contribution in [0.15, 0.2) is 78.4 Å². The molecule has 3 aromatic carbocycles. The number of aromatic hydroxyl groups is 1. The number of allylic oxidation sites excluding steroid dienone is 2. The van der Waals surface area contributed by atoms with Gasteiger partial charge in [-0.3, -0.25) is 29.0 Å². The molecule has 41 heavy (non-hydrogen) atoms. The van der Waals surface area contributed by atoms with Crippen molar-refractivity contribution in [3.05, 3.63) is 83.9 Å². The van der Waals surface area contributed by atoms with Gasteiger partial charge in [0.15, 0.2) is 9.75 Å². The van der Waals surface area contributed by atoms with Crippen LogP contribution in [0.25, 0.3) is 10.8 Å². The lowest BCUT2D eigenvalue weighted by Gasteiger charge is -2.50.